The van der Waals surface area contributed by atoms with Crippen LogP contribution >= 0.6 is 0 Å². The molecule has 0 bridgehead atoms. The molecule has 0 aromatic heterocycles. The number of rotatable bonds is 5. The summed E-state index contributed by atoms with van der Waals surface area (Å²) in [5, 5.41) is 12.5. The predicted molar refractivity (Wildman–Crippen MR) is 69.3 cm³/mol. The third-order valence-corrected chi connectivity index (χ3v) is 2.18. The largest absolute Gasteiger partial charge is 0.388 e. The number of anilines is 1. The van der Waals surface area contributed by atoms with Crippen LogP contribution in [-0.4, -0.2) is 18.4 Å². The molecule has 5 heteroatoms. The van der Waals surface area contributed by atoms with Gasteiger partial charge >= 0.3 is 6.03 Å². The molecule has 0 saturated heterocycles. The van der Waals surface area contributed by atoms with E-state index in [1.165, 1.54) is 0 Å². The van der Waals surface area contributed by atoms with Gasteiger partial charge in [0.05, 0.1) is 5.84 Å². The number of amides is 2. The van der Waals surface area contributed by atoms with Crippen LogP contribution in [0.5, 0.6) is 0 Å². The Morgan fingerprint density at radius 3 is 2.88 bits per heavy atom. The van der Waals surface area contributed by atoms with Crippen molar-refractivity contribution in [2.24, 2.45) is 5.73 Å². The lowest BCUT2D eigenvalue weighted by Gasteiger charge is -2.07. The highest BCUT2D eigenvalue weighted by Crippen LogP contribution is 2.08. The van der Waals surface area contributed by atoms with Crippen LogP contribution < -0.4 is 16.4 Å². The topological polar surface area (TPSA) is 91.0 Å². The Balaban J connectivity index is 2.27. The number of carbonyl (C=O) groups is 1. The first-order valence-corrected chi connectivity index (χ1v) is 5.52. The Bertz CT molecular complexity index is 403. The highest BCUT2D eigenvalue weighted by Gasteiger charge is 2.00. The van der Waals surface area contributed by atoms with Crippen LogP contribution in [0.1, 0.15) is 18.4 Å². The molecule has 0 fully saturated rings. The number of hydrogen-bond donors (Lipinski definition) is 4. The van der Waals surface area contributed by atoms with Crippen LogP contribution in [0.3, 0.4) is 0 Å². The average Bonchev–Trinajstić information content (AvgIpc) is 2.24. The first-order valence-electron chi connectivity index (χ1n) is 5.52. The number of urea groups is 1. The van der Waals surface area contributed by atoms with Crippen molar-refractivity contribution >= 4 is 17.6 Å². The molecule has 1 aromatic rings. The summed E-state index contributed by atoms with van der Waals surface area (Å²) in [7, 11) is 0. The Morgan fingerprint density at radius 1 is 1.47 bits per heavy atom. The lowest BCUT2D eigenvalue weighted by molar-refractivity contribution is 0.252. The van der Waals surface area contributed by atoms with Crippen molar-refractivity contribution in [1.29, 1.82) is 5.41 Å². The maximum atomic E-state index is 11.5. The van der Waals surface area contributed by atoms with Crippen LogP contribution in [0.15, 0.2) is 24.3 Å². The Kier molecular flexibility index (Phi) is 5.00. The van der Waals surface area contributed by atoms with Gasteiger partial charge in [-0.15, -0.1) is 0 Å². The highest BCUT2D eigenvalue weighted by molar-refractivity contribution is 5.89. The second kappa shape index (κ2) is 6.52. The highest BCUT2D eigenvalue weighted by atomic mass is 16.2. The zero-order valence-electron chi connectivity index (χ0n) is 9.92. The van der Waals surface area contributed by atoms with E-state index in [-0.39, 0.29) is 11.9 Å². The standard InChI is InChI=1S/C12H18N4O/c1-9-4-2-5-10(8-9)16-12(17)15-7-3-6-11(13)14/h2,4-5,8H,3,6-7H2,1H3,(H3,13,14)(H2,15,16,17). The van der Waals surface area contributed by atoms with Gasteiger partial charge in [0.25, 0.3) is 0 Å². The number of amidine groups is 1. The fraction of sp³-hybridized carbons (Fsp3) is 0.333. The van der Waals surface area contributed by atoms with Crippen LogP contribution in [0.4, 0.5) is 10.5 Å². The van der Waals surface area contributed by atoms with E-state index in [1.807, 2.05) is 31.2 Å². The van der Waals surface area contributed by atoms with Crippen LogP contribution in [0.2, 0.25) is 0 Å². The van der Waals surface area contributed by atoms with E-state index in [9.17, 15) is 4.79 Å². The van der Waals surface area contributed by atoms with Gasteiger partial charge in [-0.2, -0.15) is 0 Å². The first-order chi connectivity index (χ1) is 8.08. The molecule has 1 rings (SSSR count). The molecule has 0 aliphatic heterocycles. The van der Waals surface area contributed by atoms with Gasteiger partial charge in [0.1, 0.15) is 0 Å². The zero-order valence-corrected chi connectivity index (χ0v) is 9.92. The van der Waals surface area contributed by atoms with Gasteiger partial charge in [0.2, 0.25) is 0 Å². The summed E-state index contributed by atoms with van der Waals surface area (Å²) >= 11 is 0. The summed E-state index contributed by atoms with van der Waals surface area (Å²) < 4.78 is 0. The molecule has 1 aromatic carbocycles. The summed E-state index contributed by atoms with van der Waals surface area (Å²) in [5.74, 6) is 0.144. The SMILES string of the molecule is Cc1cccc(NC(=O)NCCCC(=N)N)c1. The summed E-state index contributed by atoms with van der Waals surface area (Å²) in [5.41, 5.74) is 7.07. The van der Waals surface area contributed by atoms with Crippen LogP contribution in [0.25, 0.3) is 0 Å². The smallest absolute Gasteiger partial charge is 0.319 e. The zero-order chi connectivity index (χ0) is 12.7. The van der Waals surface area contributed by atoms with Crippen LogP contribution in [-0.2, 0) is 0 Å². The fourth-order valence-electron chi connectivity index (χ4n) is 1.38. The molecular weight excluding hydrogens is 216 g/mol. The molecule has 0 spiro atoms. The quantitative estimate of drug-likeness (QED) is 0.355. The molecule has 0 unspecified atom stereocenters. The second-order valence-corrected chi connectivity index (χ2v) is 3.88. The molecule has 0 aliphatic carbocycles. The van der Waals surface area contributed by atoms with E-state index in [1.54, 1.807) is 0 Å². The maximum Gasteiger partial charge on any atom is 0.319 e. The summed E-state index contributed by atoms with van der Waals surface area (Å²) in [6.45, 7) is 2.48. The van der Waals surface area contributed by atoms with Gasteiger partial charge in [-0.05, 0) is 31.0 Å². The number of nitrogens with two attached hydrogens (primary N) is 1. The molecule has 2 amide bonds. The lowest BCUT2D eigenvalue weighted by atomic mass is 10.2. The number of nitrogens with one attached hydrogen (secondary N) is 3. The van der Waals surface area contributed by atoms with Gasteiger partial charge in [0, 0.05) is 18.7 Å². The fourth-order valence-corrected chi connectivity index (χ4v) is 1.38. The first kappa shape index (κ1) is 13.0. The normalized spacial score (nSPS) is 9.71. The van der Waals surface area contributed by atoms with Crippen molar-refractivity contribution in [1.82, 2.24) is 5.32 Å². The van der Waals surface area contributed by atoms with Crippen molar-refractivity contribution in [2.75, 3.05) is 11.9 Å². The molecule has 0 aliphatic rings. The van der Waals surface area contributed by atoms with Gasteiger partial charge < -0.3 is 16.4 Å². The summed E-state index contributed by atoms with van der Waals surface area (Å²) in [6.07, 6.45) is 1.18. The molecule has 0 radical (unpaired) electrons. The summed E-state index contributed by atoms with van der Waals surface area (Å²) in [4.78, 5) is 11.5. The van der Waals surface area contributed by atoms with Crippen LogP contribution in [0, 0.1) is 12.3 Å². The van der Waals surface area contributed by atoms with Crippen molar-refractivity contribution in [3.05, 3.63) is 29.8 Å². The van der Waals surface area contributed by atoms with Gasteiger partial charge in [-0.1, -0.05) is 12.1 Å². The minimum absolute atomic E-state index is 0.144. The maximum absolute atomic E-state index is 11.5. The molecular formula is C12H18N4O. The number of benzene rings is 1. The van der Waals surface area contributed by atoms with Crippen molar-refractivity contribution < 1.29 is 4.79 Å². The Hall–Kier alpha value is -2.04. The number of hydrogen-bond acceptors (Lipinski definition) is 2. The second-order valence-electron chi connectivity index (χ2n) is 3.88. The predicted octanol–water partition coefficient (Wildman–Crippen LogP) is 1.83. The lowest BCUT2D eigenvalue weighted by Crippen LogP contribution is -2.30. The van der Waals surface area contributed by atoms with Gasteiger partial charge in [0.15, 0.2) is 0 Å². The van der Waals surface area contributed by atoms with Crippen molar-refractivity contribution in [2.45, 2.75) is 19.8 Å². The van der Waals surface area contributed by atoms with Gasteiger partial charge in [-0.3, -0.25) is 5.41 Å². The molecule has 17 heavy (non-hydrogen) atoms. The Morgan fingerprint density at radius 2 is 2.24 bits per heavy atom. The molecule has 92 valence electrons. The minimum Gasteiger partial charge on any atom is -0.388 e. The van der Waals surface area contributed by atoms with Crippen molar-refractivity contribution in [3.63, 3.8) is 0 Å². The van der Waals surface area contributed by atoms with E-state index >= 15 is 0 Å². The monoisotopic (exact) mass is 234 g/mol. The van der Waals surface area contributed by atoms with E-state index in [4.69, 9.17) is 11.1 Å². The molecule has 0 saturated carbocycles. The third-order valence-electron chi connectivity index (χ3n) is 2.18. The third kappa shape index (κ3) is 5.55. The van der Waals surface area contributed by atoms with Gasteiger partial charge in [-0.25, -0.2) is 4.79 Å². The number of carbonyl (C=O) groups excluding carboxylic acids is 1. The van der Waals surface area contributed by atoms with E-state index in [2.05, 4.69) is 10.6 Å². The van der Waals surface area contributed by atoms with E-state index < -0.39 is 0 Å². The van der Waals surface area contributed by atoms with E-state index in [0.29, 0.717) is 19.4 Å². The Labute approximate surface area is 101 Å². The molecule has 0 atom stereocenters. The molecule has 0 heterocycles. The number of aryl methyl sites for hydroxylation is 1. The average molecular weight is 234 g/mol. The minimum atomic E-state index is -0.237. The molecule has 5 N–H and O–H groups in total. The van der Waals surface area contributed by atoms with Crippen molar-refractivity contribution in [3.8, 4) is 0 Å². The molecule has 5 nitrogen and oxygen atoms in total. The van der Waals surface area contributed by atoms with E-state index in [0.717, 1.165) is 11.3 Å². The summed E-state index contributed by atoms with van der Waals surface area (Å²) in [6, 6.07) is 7.35.